The summed E-state index contributed by atoms with van der Waals surface area (Å²) in [4.78, 5) is 8.65. The van der Waals surface area contributed by atoms with E-state index in [9.17, 15) is 0 Å². The number of rotatable bonds is 10. The second-order valence-corrected chi connectivity index (χ2v) is 6.00. The first-order valence-electron chi connectivity index (χ1n) is 9.50. The smallest absolute Gasteiger partial charge is 0.168 e. The number of ether oxygens (including phenoxy) is 4. The largest absolute Gasteiger partial charge is 0.487 e. The second-order valence-electron chi connectivity index (χ2n) is 6.00. The molecule has 0 spiro atoms. The predicted molar refractivity (Wildman–Crippen MR) is 112 cm³/mol. The number of terminal acetylenes is 1. The summed E-state index contributed by atoms with van der Waals surface area (Å²) in [5.41, 5.74) is 1.89. The van der Waals surface area contributed by atoms with E-state index in [2.05, 4.69) is 15.9 Å². The van der Waals surface area contributed by atoms with E-state index in [1.54, 1.807) is 50.6 Å². The number of benzene rings is 2. The Bertz CT molecular complexity index is 1040. The zero-order chi connectivity index (χ0) is 21.3. The summed E-state index contributed by atoms with van der Waals surface area (Å²) in [7, 11) is 3.21. The molecule has 3 aromatic rings. The number of hydrogen-bond acceptors (Lipinski definition) is 7. The van der Waals surface area contributed by atoms with E-state index in [4.69, 9.17) is 26.8 Å². The van der Waals surface area contributed by atoms with Crippen molar-refractivity contribution in [3.05, 3.63) is 48.3 Å². The van der Waals surface area contributed by atoms with Crippen molar-refractivity contribution in [1.29, 1.82) is 0 Å². The minimum atomic E-state index is 0.348. The standard InChI is InChI=1S/C22H23N3O4/c1-4-16-6-5-7-17(12-16)25-22-18-13-20(28-10-8-26-2)21(29-11-9-27-3)14-19(18)23-15-24-22/h1,5-7,12-15H,8-11H2,2-3H3,(H,23,24,25)/i/hD. The van der Waals surface area contributed by atoms with Crippen LogP contribution in [0.15, 0.2) is 42.7 Å². The summed E-state index contributed by atoms with van der Waals surface area (Å²) < 4.78 is 30.4. The number of hydrogen-bond donors (Lipinski definition) is 1. The zero-order valence-corrected chi connectivity index (χ0v) is 16.4. The number of methoxy groups -OCH3 is 2. The van der Waals surface area contributed by atoms with Crippen molar-refractivity contribution in [1.82, 2.24) is 9.97 Å². The van der Waals surface area contributed by atoms with Crippen molar-refractivity contribution < 1.29 is 20.4 Å². The van der Waals surface area contributed by atoms with E-state index < -0.39 is 0 Å². The molecule has 0 aliphatic heterocycles. The van der Waals surface area contributed by atoms with Gasteiger partial charge in [-0.25, -0.2) is 9.97 Å². The molecule has 0 unspecified atom stereocenters. The fraction of sp³-hybridized carbons (Fsp3) is 0.273. The quantitative estimate of drug-likeness (QED) is 0.417. The fourth-order valence-electron chi connectivity index (χ4n) is 2.62. The lowest BCUT2D eigenvalue weighted by molar-refractivity contribution is 0.132. The molecular weight excluding hydrogens is 370 g/mol. The average Bonchev–Trinajstić information content (AvgIpc) is 2.78. The van der Waals surface area contributed by atoms with Gasteiger partial charge in [-0.15, -0.1) is 6.42 Å². The van der Waals surface area contributed by atoms with Gasteiger partial charge < -0.3 is 24.3 Å². The first-order chi connectivity index (χ1) is 14.7. The summed E-state index contributed by atoms with van der Waals surface area (Å²) >= 11 is 0. The Labute approximate surface area is 171 Å². The van der Waals surface area contributed by atoms with Crippen LogP contribution < -0.4 is 14.8 Å². The Hall–Kier alpha value is -3.34. The Morgan fingerprint density at radius 3 is 2.41 bits per heavy atom. The van der Waals surface area contributed by atoms with Gasteiger partial charge in [0.05, 0.1) is 18.7 Å². The number of nitrogens with one attached hydrogen (secondary N) is 1. The van der Waals surface area contributed by atoms with Crippen LogP contribution in [0.4, 0.5) is 11.5 Å². The summed E-state index contributed by atoms with van der Waals surface area (Å²) in [6.45, 7) is 1.58. The lowest BCUT2D eigenvalue weighted by atomic mass is 10.2. The molecule has 0 saturated carbocycles. The molecule has 1 N–H and O–H groups in total. The molecule has 3 rings (SSSR count). The van der Waals surface area contributed by atoms with Gasteiger partial charge in [0.2, 0.25) is 0 Å². The maximum Gasteiger partial charge on any atom is 0.168 e. The molecule has 7 heteroatoms. The Morgan fingerprint density at radius 2 is 1.72 bits per heavy atom. The third-order valence-electron chi connectivity index (χ3n) is 4.02. The van der Waals surface area contributed by atoms with Crippen LogP contribution in [0, 0.1) is 12.3 Å². The molecule has 0 atom stereocenters. The third kappa shape index (κ3) is 5.35. The molecular formula is C22H23N3O4. The maximum absolute atomic E-state index is 8.60. The summed E-state index contributed by atoms with van der Waals surface area (Å²) in [6.07, 6.45) is 6.90. The number of nitrogens with zero attached hydrogens (tertiary/aromatic N) is 2. The molecule has 0 amide bonds. The van der Waals surface area contributed by atoms with Crippen molar-refractivity contribution in [3.8, 4) is 23.8 Å². The van der Waals surface area contributed by atoms with Gasteiger partial charge in [0, 0.05) is 36.9 Å². The van der Waals surface area contributed by atoms with Crippen LogP contribution in [-0.4, -0.2) is 50.6 Å². The van der Waals surface area contributed by atoms with Crippen LogP contribution in [0.1, 0.15) is 5.56 Å². The molecule has 1 heterocycles. The van der Waals surface area contributed by atoms with Gasteiger partial charge in [0.25, 0.3) is 0 Å². The highest BCUT2D eigenvalue weighted by atomic mass is 16.5. The lowest BCUT2D eigenvalue weighted by Gasteiger charge is -2.15. The van der Waals surface area contributed by atoms with Crippen molar-refractivity contribution in [2.45, 2.75) is 0 Å². The molecule has 29 heavy (non-hydrogen) atoms. The van der Waals surface area contributed by atoms with Crippen LogP contribution >= 0.6 is 0 Å². The molecule has 0 aliphatic carbocycles. The Morgan fingerprint density at radius 1 is 1.00 bits per heavy atom. The van der Waals surface area contributed by atoms with E-state index >= 15 is 0 Å². The van der Waals surface area contributed by atoms with Crippen molar-refractivity contribution in [2.24, 2.45) is 0 Å². The molecule has 2 aromatic carbocycles. The zero-order valence-electron chi connectivity index (χ0n) is 17.4. The molecule has 1 aromatic heterocycles. The van der Waals surface area contributed by atoms with E-state index in [1.165, 1.54) is 11.6 Å². The van der Waals surface area contributed by atoms with Gasteiger partial charge in [0.1, 0.15) is 25.4 Å². The van der Waals surface area contributed by atoms with Gasteiger partial charge >= 0.3 is 0 Å². The van der Waals surface area contributed by atoms with E-state index in [1.807, 2.05) is 0 Å². The first-order valence-corrected chi connectivity index (χ1v) is 9.06. The number of fused-ring (bicyclic) bond motifs is 1. The van der Waals surface area contributed by atoms with Crippen molar-refractivity contribution in [2.75, 3.05) is 46.0 Å². The van der Waals surface area contributed by atoms with Gasteiger partial charge in [-0.05, 0) is 24.3 Å². The van der Waals surface area contributed by atoms with Crippen LogP contribution in [-0.2, 0) is 9.47 Å². The molecule has 150 valence electrons. The third-order valence-corrected chi connectivity index (χ3v) is 4.02. The van der Waals surface area contributed by atoms with Gasteiger partial charge in [-0.1, -0.05) is 12.0 Å². The average molecular weight is 394 g/mol. The van der Waals surface area contributed by atoms with Crippen LogP contribution in [0.25, 0.3) is 10.9 Å². The van der Waals surface area contributed by atoms with Crippen molar-refractivity contribution in [3.63, 3.8) is 0 Å². The van der Waals surface area contributed by atoms with E-state index in [-0.39, 0.29) is 0 Å². The molecule has 0 aliphatic rings. The van der Waals surface area contributed by atoms with Gasteiger partial charge in [-0.2, -0.15) is 0 Å². The molecule has 0 saturated heterocycles. The monoisotopic (exact) mass is 394 g/mol. The number of aromatic nitrogens is 2. The van der Waals surface area contributed by atoms with Crippen LogP contribution in [0.5, 0.6) is 11.5 Å². The maximum atomic E-state index is 8.60. The Balaban J connectivity index is 2.02. The minimum Gasteiger partial charge on any atom is -0.487 e. The normalized spacial score (nSPS) is 11.0. The fourth-order valence-corrected chi connectivity index (χ4v) is 2.62. The Kier molecular flexibility index (Phi) is 6.73. The second kappa shape index (κ2) is 10.3. The van der Waals surface area contributed by atoms with Crippen molar-refractivity contribution >= 4 is 22.4 Å². The lowest BCUT2D eigenvalue weighted by Crippen LogP contribution is -2.09. The highest BCUT2D eigenvalue weighted by Crippen LogP contribution is 2.35. The first kappa shape index (κ1) is 19.0. The summed E-state index contributed by atoms with van der Waals surface area (Å²) in [6, 6.07) is 10.7. The van der Waals surface area contributed by atoms with Crippen LogP contribution in [0.2, 0.25) is 1.41 Å². The topological polar surface area (TPSA) is 74.7 Å². The molecule has 7 nitrogen and oxygen atoms in total. The van der Waals surface area contributed by atoms with Gasteiger partial charge in [0.15, 0.2) is 12.9 Å². The molecule has 0 radical (unpaired) electrons. The van der Waals surface area contributed by atoms with Gasteiger partial charge in [-0.3, -0.25) is 0 Å². The highest BCUT2D eigenvalue weighted by molar-refractivity contribution is 5.93. The number of anilines is 2. The molecule has 0 fully saturated rings. The van der Waals surface area contributed by atoms with E-state index in [0.29, 0.717) is 65.9 Å². The van der Waals surface area contributed by atoms with E-state index in [0.717, 1.165) is 0 Å². The predicted octanol–water partition coefficient (Wildman–Crippen LogP) is 3.41. The summed E-state index contributed by atoms with van der Waals surface area (Å²) in [5.74, 6) is 4.02. The minimum absolute atomic E-state index is 0.348. The molecule has 0 bridgehead atoms. The highest BCUT2D eigenvalue weighted by Gasteiger charge is 2.13. The van der Waals surface area contributed by atoms with Crippen LogP contribution in [0.3, 0.4) is 0 Å². The SMILES string of the molecule is [2H]N(c1cccc(C#C)c1)c1ncnc2cc(OCCOC)c(OCCOC)cc12. The summed E-state index contributed by atoms with van der Waals surface area (Å²) in [5, 5.41) is 1.86.